The zero-order valence-corrected chi connectivity index (χ0v) is 23.1. The molecular formula is C25H35NO8S2. The Balaban J connectivity index is 1.89. The molecular weight excluding hydrogens is 506 g/mol. The van der Waals surface area contributed by atoms with Crippen LogP contribution in [0.4, 0.5) is 0 Å². The quantitative estimate of drug-likeness (QED) is 0.424. The monoisotopic (exact) mass is 541 g/mol. The molecule has 0 unspecified atom stereocenters. The lowest BCUT2D eigenvalue weighted by Crippen LogP contribution is -2.51. The number of benzene rings is 2. The molecule has 1 heterocycles. The van der Waals surface area contributed by atoms with Gasteiger partial charge < -0.3 is 23.8 Å². The fraction of sp³-hybridized carbons (Fsp3) is 0.520. The molecule has 3 rings (SSSR count). The molecule has 36 heavy (non-hydrogen) atoms. The first kappa shape index (κ1) is 28.1. The second-order valence-electron chi connectivity index (χ2n) is 8.81. The van der Waals surface area contributed by atoms with Gasteiger partial charge in [-0.1, -0.05) is 12.1 Å². The summed E-state index contributed by atoms with van der Waals surface area (Å²) in [6, 6.07) is 10.2. The van der Waals surface area contributed by atoms with E-state index in [1.165, 1.54) is 26.4 Å². The van der Waals surface area contributed by atoms with Gasteiger partial charge in [-0.05, 0) is 61.7 Å². The number of likely N-dealkylation sites (N-methyl/N-ethyl adjacent to an activating group) is 1. The third kappa shape index (κ3) is 5.28. The molecule has 0 aliphatic carbocycles. The summed E-state index contributed by atoms with van der Waals surface area (Å²) in [7, 11) is -0.121. The smallest absolute Gasteiger partial charge is 0.199 e. The summed E-state index contributed by atoms with van der Waals surface area (Å²) >= 11 is 0. The van der Waals surface area contributed by atoms with Crippen LogP contribution in [0.25, 0.3) is 0 Å². The lowest BCUT2D eigenvalue weighted by atomic mass is 10.1. The predicted molar refractivity (Wildman–Crippen MR) is 139 cm³/mol. The molecule has 0 atom stereocenters. The molecule has 200 valence electrons. The highest BCUT2D eigenvalue weighted by molar-refractivity contribution is 8.10. The SMILES string of the molecule is COc1ccc(CCN(C)CCC2(c3ccc(OC)c(OC)c3)S(=O)(=O)CCCS2(=O)=O)cc1OC. The largest absolute Gasteiger partial charge is 0.493 e. The van der Waals surface area contributed by atoms with Gasteiger partial charge in [0, 0.05) is 13.1 Å². The number of hydrogen-bond acceptors (Lipinski definition) is 9. The van der Waals surface area contributed by atoms with E-state index in [4.69, 9.17) is 18.9 Å². The third-order valence-electron chi connectivity index (χ3n) is 6.71. The molecule has 1 saturated heterocycles. The number of sulfone groups is 2. The Hall–Kier alpha value is -2.50. The van der Waals surface area contributed by atoms with Crippen LogP contribution in [0.2, 0.25) is 0 Å². The van der Waals surface area contributed by atoms with Crippen molar-refractivity contribution in [2.75, 3.05) is 60.1 Å². The van der Waals surface area contributed by atoms with E-state index in [1.807, 2.05) is 30.1 Å². The molecule has 0 saturated carbocycles. The molecule has 1 fully saturated rings. The molecule has 0 amide bonds. The van der Waals surface area contributed by atoms with Crippen molar-refractivity contribution in [2.24, 2.45) is 0 Å². The van der Waals surface area contributed by atoms with E-state index >= 15 is 0 Å². The standard InChI is InChI=1S/C25H35NO8S2/c1-26(13-11-19-7-9-21(31-2)23(17-19)33-4)14-12-25(35(27,28)15-6-16-36(25,29)30)20-8-10-22(32-3)24(18-20)34-5/h7-10,17-18H,6,11-16H2,1-5H3. The summed E-state index contributed by atoms with van der Waals surface area (Å²) in [5, 5.41) is 0. The summed E-state index contributed by atoms with van der Waals surface area (Å²) in [6.07, 6.45) is 0.671. The average molecular weight is 542 g/mol. The fourth-order valence-electron chi connectivity index (χ4n) is 4.66. The Morgan fingerprint density at radius 2 is 1.28 bits per heavy atom. The van der Waals surface area contributed by atoms with Crippen molar-refractivity contribution < 1.29 is 35.8 Å². The molecule has 2 aromatic rings. The first-order chi connectivity index (χ1) is 17.0. The lowest BCUT2D eigenvalue weighted by Gasteiger charge is -2.37. The highest BCUT2D eigenvalue weighted by Gasteiger charge is 2.57. The molecule has 0 N–H and O–H groups in total. The predicted octanol–water partition coefficient (Wildman–Crippen LogP) is 2.67. The zero-order valence-electron chi connectivity index (χ0n) is 21.4. The van der Waals surface area contributed by atoms with Crippen molar-refractivity contribution in [2.45, 2.75) is 23.3 Å². The van der Waals surface area contributed by atoms with Crippen LogP contribution < -0.4 is 18.9 Å². The van der Waals surface area contributed by atoms with E-state index in [1.54, 1.807) is 20.3 Å². The second-order valence-corrected chi connectivity index (χ2v) is 13.7. The zero-order chi connectivity index (χ0) is 26.6. The van der Waals surface area contributed by atoms with Crippen LogP contribution in [-0.2, 0) is 30.2 Å². The van der Waals surface area contributed by atoms with E-state index < -0.39 is 23.8 Å². The van der Waals surface area contributed by atoms with E-state index in [0.29, 0.717) is 30.2 Å². The summed E-state index contributed by atoms with van der Waals surface area (Å²) in [4.78, 5) is 1.94. The molecule has 0 aromatic heterocycles. The van der Waals surface area contributed by atoms with Crippen LogP contribution in [0, 0.1) is 0 Å². The number of rotatable bonds is 11. The molecule has 9 nitrogen and oxygen atoms in total. The normalized spacial score (nSPS) is 17.9. The van der Waals surface area contributed by atoms with Gasteiger partial charge in [0.05, 0.1) is 39.9 Å². The van der Waals surface area contributed by atoms with Crippen molar-refractivity contribution in [3.63, 3.8) is 0 Å². The van der Waals surface area contributed by atoms with Crippen LogP contribution >= 0.6 is 0 Å². The minimum Gasteiger partial charge on any atom is -0.493 e. The minimum absolute atomic E-state index is 0.0877. The van der Waals surface area contributed by atoms with Crippen molar-refractivity contribution in [3.05, 3.63) is 47.5 Å². The molecule has 0 radical (unpaired) electrons. The Labute approximate surface area is 214 Å². The van der Waals surface area contributed by atoms with Gasteiger partial charge in [-0.15, -0.1) is 0 Å². The van der Waals surface area contributed by atoms with Gasteiger partial charge in [-0.2, -0.15) is 0 Å². The van der Waals surface area contributed by atoms with E-state index in [9.17, 15) is 16.8 Å². The van der Waals surface area contributed by atoms with Crippen LogP contribution in [0.1, 0.15) is 24.0 Å². The first-order valence-electron chi connectivity index (χ1n) is 11.6. The highest BCUT2D eigenvalue weighted by atomic mass is 32.3. The maximum absolute atomic E-state index is 13.5. The van der Waals surface area contributed by atoms with E-state index in [-0.39, 0.29) is 42.2 Å². The van der Waals surface area contributed by atoms with E-state index in [0.717, 1.165) is 5.56 Å². The Morgan fingerprint density at radius 3 is 1.83 bits per heavy atom. The summed E-state index contributed by atoms with van der Waals surface area (Å²) in [6.45, 7) is 0.859. The molecule has 11 heteroatoms. The van der Waals surface area contributed by atoms with Crippen molar-refractivity contribution in [1.29, 1.82) is 0 Å². The second kappa shape index (κ2) is 11.3. The lowest BCUT2D eigenvalue weighted by molar-refractivity contribution is 0.322. The summed E-state index contributed by atoms with van der Waals surface area (Å²) < 4.78 is 73.2. The molecule has 0 bridgehead atoms. The van der Waals surface area contributed by atoms with Crippen molar-refractivity contribution >= 4 is 19.7 Å². The number of nitrogens with zero attached hydrogens (tertiary/aromatic N) is 1. The van der Waals surface area contributed by atoms with Crippen LogP contribution in [0.3, 0.4) is 0 Å². The highest BCUT2D eigenvalue weighted by Crippen LogP contribution is 2.46. The van der Waals surface area contributed by atoms with Crippen LogP contribution in [0.15, 0.2) is 36.4 Å². The number of ether oxygens (including phenoxy) is 4. The fourth-order valence-corrected chi connectivity index (χ4v) is 10.4. The van der Waals surface area contributed by atoms with E-state index in [2.05, 4.69) is 0 Å². The van der Waals surface area contributed by atoms with Gasteiger partial charge in [-0.3, -0.25) is 0 Å². The number of hydrogen-bond donors (Lipinski definition) is 0. The molecule has 1 aliphatic rings. The van der Waals surface area contributed by atoms with Gasteiger partial charge in [-0.25, -0.2) is 16.8 Å². The van der Waals surface area contributed by atoms with Crippen molar-refractivity contribution in [1.82, 2.24) is 4.90 Å². The van der Waals surface area contributed by atoms with Gasteiger partial charge in [0.15, 0.2) is 46.8 Å². The molecule has 0 spiro atoms. The van der Waals surface area contributed by atoms with Gasteiger partial charge in [0.2, 0.25) is 0 Å². The summed E-state index contributed by atoms with van der Waals surface area (Å²) in [5.74, 6) is 1.58. The topological polar surface area (TPSA) is 108 Å². The van der Waals surface area contributed by atoms with Gasteiger partial charge in [0.25, 0.3) is 0 Å². The Morgan fingerprint density at radius 1 is 0.750 bits per heavy atom. The third-order valence-corrected chi connectivity index (χ3v) is 12.8. The summed E-state index contributed by atoms with van der Waals surface area (Å²) in [5.41, 5.74) is 1.21. The van der Waals surface area contributed by atoms with Crippen molar-refractivity contribution in [3.8, 4) is 23.0 Å². The number of methoxy groups -OCH3 is 4. The minimum atomic E-state index is -4.01. The maximum Gasteiger partial charge on any atom is 0.199 e. The van der Waals surface area contributed by atoms with Crippen LogP contribution in [0.5, 0.6) is 23.0 Å². The maximum atomic E-state index is 13.5. The van der Waals surface area contributed by atoms with Gasteiger partial charge in [0.1, 0.15) is 0 Å². The Kier molecular flexibility index (Phi) is 8.79. The molecule has 1 aliphatic heterocycles. The average Bonchev–Trinajstić information content (AvgIpc) is 2.86. The Bertz CT molecular complexity index is 1240. The molecule has 2 aromatic carbocycles. The van der Waals surface area contributed by atoms with Gasteiger partial charge >= 0.3 is 0 Å². The first-order valence-corrected chi connectivity index (χ1v) is 14.9. The van der Waals surface area contributed by atoms with Crippen LogP contribution in [-0.4, -0.2) is 81.8 Å².